The first kappa shape index (κ1) is 30.5. The van der Waals surface area contributed by atoms with Gasteiger partial charge in [-0.15, -0.1) is 0 Å². The summed E-state index contributed by atoms with van der Waals surface area (Å²) >= 11 is 0. The molecule has 11 aromatic rings. The Morgan fingerprint density at radius 3 is 1.44 bits per heavy atom. The average molecular weight is 684 g/mol. The van der Waals surface area contributed by atoms with Crippen LogP contribution in [0.25, 0.3) is 109 Å². The van der Waals surface area contributed by atoms with Crippen LogP contribution in [0, 0.1) is 0 Å². The second-order valence-electron chi connectivity index (χ2n) is 14.3. The molecule has 0 aliphatic rings. The number of hydrogen-bond acceptors (Lipinski definition) is 1. The Bertz CT molecular complexity index is 3270. The molecule has 0 N–H and O–H groups in total. The molecule has 250 valence electrons. The summed E-state index contributed by atoms with van der Waals surface area (Å²) in [6.45, 7) is 0. The Morgan fingerprint density at radius 2 is 0.778 bits per heavy atom. The zero-order valence-electron chi connectivity index (χ0n) is 29.5. The van der Waals surface area contributed by atoms with Crippen LogP contribution in [0.1, 0.15) is 0 Å². The maximum Gasteiger partial charge on any atom is 0.0714 e. The minimum Gasteiger partial charge on any atom is -0.256 e. The highest BCUT2D eigenvalue weighted by atomic mass is 14.6. The standard InChI is InChI=1S/C53H33N/c1-2-11-34(12-3-1)39-24-26-46-49(31-39)52(41-22-20-35-13-4-6-15-37(35)29-41)47-27-25-40(32-50(47)53(46)42-23-21-36-14-5-7-16-38(36)30-42)48-33-51-45(19-10-28-54-51)43-17-8-9-18-44(43)48/h1-33H. The summed E-state index contributed by atoms with van der Waals surface area (Å²) in [5, 5.41) is 13.5. The van der Waals surface area contributed by atoms with Gasteiger partial charge < -0.3 is 0 Å². The minimum atomic E-state index is 1.00. The SMILES string of the molecule is c1ccc(-c2ccc3c(-c4ccc5ccccc5c4)c4cc(-c5cc6ncccc6c6ccccc56)ccc4c(-c4ccc5ccccc5c4)c3c2)cc1. The number of fused-ring (bicyclic) bond motifs is 7. The van der Waals surface area contributed by atoms with Crippen LogP contribution in [0.4, 0.5) is 0 Å². The van der Waals surface area contributed by atoms with E-state index >= 15 is 0 Å². The fraction of sp³-hybridized carbons (Fsp3) is 0. The van der Waals surface area contributed by atoms with E-state index in [4.69, 9.17) is 4.98 Å². The van der Waals surface area contributed by atoms with Gasteiger partial charge in [0.25, 0.3) is 0 Å². The summed E-state index contributed by atoms with van der Waals surface area (Å²) in [7, 11) is 0. The van der Waals surface area contributed by atoms with Crippen LogP contribution in [-0.4, -0.2) is 4.98 Å². The molecular weight excluding hydrogens is 651 g/mol. The van der Waals surface area contributed by atoms with Crippen LogP contribution < -0.4 is 0 Å². The van der Waals surface area contributed by atoms with Crippen molar-refractivity contribution in [3.63, 3.8) is 0 Å². The van der Waals surface area contributed by atoms with Crippen molar-refractivity contribution in [1.82, 2.24) is 4.98 Å². The lowest BCUT2D eigenvalue weighted by Crippen LogP contribution is -1.93. The second-order valence-corrected chi connectivity index (χ2v) is 14.3. The molecule has 0 fully saturated rings. The van der Waals surface area contributed by atoms with Gasteiger partial charge in [-0.05, 0) is 135 Å². The molecule has 0 aliphatic heterocycles. The molecule has 1 heterocycles. The molecule has 0 aliphatic carbocycles. The molecule has 1 nitrogen and oxygen atoms in total. The van der Waals surface area contributed by atoms with E-state index in [1.54, 1.807) is 0 Å². The predicted octanol–water partition coefficient (Wildman–Crippen LogP) is 14.7. The normalized spacial score (nSPS) is 11.7. The molecule has 0 unspecified atom stereocenters. The summed E-state index contributed by atoms with van der Waals surface area (Å²) in [6, 6.07) is 71.4. The Labute approximate surface area is 313 Å². The maximum absolute atomic E-state index is 4.83. The summed E-state index contributed by atoms with van der Waals surface area (Å²) < 4.78 is 0. The number of benzene rings is 10. The first-order chi connectivity index (χ1) is 26.8. The topological polar surface area (TPSA) is 12.9 Å². The molecule has 0 saturated carbocycles. The van der Waals surface area contributed by atoms with Crippen LogP contribution in [-0.2, 0) is 0 Å². The lowest BCUT2D eigenvalue weighted by molar-refractivity contribution is 1.42. The van der Waals surface area contributed by atoms with E-state index in [0.717, 1.165) is 5.52 Å². The summed E-state index contributed by atoms with van der Waals surface area (Å²) in [5.41, 5.74) is 10.7. The van der Waals surface area contributed by atoms with E-state index in [2.05, 4.69) is 188 Å². The number of rotatable bonds is 4. The van der Waals surface area contributed by atoms with Crippen molar-refractivity contribution in [3.8, 4) is 44.5 Å². The highest BCUT2D eigenvalue weighted by molar-refractivity contribution is 6.24. The van der Waals surface area contributed by atoms with Gasteiger partial charge >= 0.3 is 0 Å². The minimum absolute atomic E-state index is 1.00. The van der Waals surface area contributed by atoms with E-state index < -0.39 is 0 Å². The fourth-order valence-electron chi connectivity index (χ4n) is 8.68. The first-order valence-corrected chi connectivity index (χ1v) is 18.6. The summed E-state index contributed by atoms with van der Waals surface area (Å²) in [4.78, 5) is 4.83. The largest absolute Gasteiger partial charge is 0.256 e. The van der Waals surface area contributed by atoms with Crippen LogP contribution in [0.5, 0.6) is 0 Å². The van der Waals surface area contributed by atoms with Gasteiger partial charge in [0.2, 0.25) is 0 Å². The molecule has 1 heteroatoms. The first-order valence-electron chi connectivity index (χ1n) is 18.6. The molecule has 1 aromatic heterocycles. The van der Waals surface area contributed by atoms with Crippen molar-refractivity contribution >= 4 is 64.8 Å². The monoisotopic (exact) mass is 683 g/mol. The van der Waals surface area contributed by atoms with Crippen LogP contribution in [0.3, 0.4) is 0 Å². The number of aromatic nitrogens is 1. The zero-order valence-corrected chi connectivity index (χ0v) is 29.5. The van der Waals surface area contributed by atoms with E-state index in [-0.39, 0.29) is 0 Å². The van der Waals surface area contributed by atoms with Crippen molar-refractivity contribution < 1.29 is 0 Å². The lowest BCUT2D eigenvalue weighted by Gasteiger charge is -2.20. The predicted molar refractivity (Wildman–Crippen MR) is 231 cm³/mol. The Balaban J connectivity index is 1.29. The molecule has 0 radical (unpaired) electrons. The highest BCUT2D eigenvalue weighted by Crippen LogP contribution is 2.47. The highest BCUT2D eigenvalue weighted by Gasteiger charge is 2.20. The van der Waals surface area contributed by atoms with E-state index in [0.29, 0.717) is 0 Å². The van der Waals surface area contributed by atoms with Gasteiger partial charge in [0.1, 0.15) is 0 Å². The van der Waals surface area contributed by atoms with Crippen LogP contribution in [0.2, 0.25) is 0 Å². The maximum atomic E-state index is 4.83. The van der Waals surface area contributed by atoms with Crippen molar-refractivity contribution in [3.05, 3.63) is 200 Å². The number of hydrogen-bond donors (Lipinski definition) is 0. The van der Waals surface area contributed by atoms with Gasteiger partial charge in [0, 0.05) is 11.6 Å². The third-order valence-electron chi connectivity index (χ3n) is 11.2. The number of nitrogens with zero attached hydrogens (tertiary/aromatic N) is 1. The molecule has 0 amide bonds. The van der Waals surface area contributed by atoms with Gasteiger partial charge in [-0.25, -0.2) is 0 Å². The summed E-state index contributed by atoms with van der Waals surface area (Å²) in [6.07, 6.45) is 1.89. The van der Waals surface area contributed by atoms with Gasteiger partial charge in [0.15, 0.2) is 0 Å². The van der Waals surface area contributed by atoms with Crippen molar-refractivity contribution in [2.45, 2.75) is 0 Å². The Hall–Kier alpha value is -7.09. The zero-order chi connectivity index (χ0) is 35.6. The second kappa shape index (κ2) is 12.3. The summed E-state index contributed by atoms with van der Waals surface area (Å²) in [5.74, 6) is 0. The van der Waals surface area contributed by atoms with Gasteiger partial charge in [-0.3, -0.25) is 4.98 Å². The lowest BCUT2D eigenvalue weighted by atomic mass is 9.83. The van der Waals surface area contributed by atoms with Crippen molar-refractivity contribution in [2.75, 3.05) is 0 Å². The number of pyridine rings is 1. The molecule has 0 bridgehead atoms. The van der Waals surface area contributed by atoms with E-state index in [9.17, 15) is 0 Å². The average Bonchev–Trinajstić information content (AvgIpc) is 3.25. The van der Waals surface area contributed by atoms with E-state index in [1.165, 1.54) is 104 Å². The van der Waals surface area contributed by atoms with Gasteiger partial charge in [0.05, 0.1) is 5.52 Å². The van der Waals surface area contributed by atoms with Crippen molar-refractivity contribution in [2.24, 2.45) is 0 Å². The van der Waals surface area contributed by atoms with Crippen LogP contribution >= 0.6 is 0 Å². The Kier molecular flexibility index (Phi) is 6.93. The molecule has 0 atom stereocenters. The molecule has 10 aromatic carbocycles. The quantitative estimate of drug-likeness (QED) is 0.133. The fourth-order valence-corrected chi connectivity index (χ4v) is 8.68. The molecule has 0 saturated heterocycles. The molecule has 0 spiro atoms. The smallest absolute Gasteiger partial charge is 0.0714 e. The third kappa shape index (κ3) is 4.90. The molecular formula is C53H33N. The van der Waals surface area contributed by atoms with Gasteiger partial charge in [-0.1, -0.05) is 158 Å². The molecule has 11 rings (SSSR count). The van der Waals surface area contributed by atoms with Gasteiger partial charge in [-0.2, -0.15) is 0 Å². The van der Waals surface area contributed by atoms with Crippen molar-refractivity contribution in [1.29, 1.82) is 0 Å². The third-order valence-corrected chi connectivity index (χ3v) is 11.2. The van der Waals surface area contributed by atoms with E-state index in [1.807, 2.05) is 12.3 Å². The molecule has 54 heavy (non-hydrogen) atoms. The van der Waals surface area contributed by atoms with Crippen LogP contribution in [0.15, 0.2) is 200 Å². The Morgan fingerprint density at radius 1 is 0.259 bits per heavy atom.